The van der Waals surface area contributed by atoms with Crippen LogP contribution >= 0.6 is 0 Å². The molecule has 0 radical (unpaired) electrons. The normalized spacial score (nSPS) is 17.4. The number of amides is 2. The van der Waals surface area contributed by atoms with E-state index >= 15 is 0 Å². The molecule has 1 N–H and O–H groups in total. The Morgan fingerprint density at radius 1 is 1.37 bits per heavy atom. The second-order valence-corrected chi connectivity index (χ2v) is 5.95. The van der Waals surface area contributed by atoms with Gasteiger partial charge in [0.2, 0.25) is 6.41 Å². The van der Waals surface area contributed by atoms with E-state index in [9.17, 15) is 14.4 Å². The summed E-state index contributed by atoms with van der Waals surface area (Å²) in [4.78, 5) is 35.4. The number of ether oxygens (including phenoxy) is 1. The van der Waals surface area contributed by atoms with Crippen LogP contribution in [0, 0.1) is 0 Å². The highest BCUT2D eigenvalue weighted by Gasteiger charge is 2.47. The Kier molecular flexibility index (Phi) is 4.55. The predicted molar refractivity (Wildman–Crippen MR) is 69.7 cm³/mol. The van der Waals surface area contributed by atoms with Crippen molar-refractivity contribution >= 4 is 18.3 Å². The van der Waals surface area contributed by atoms with Gasteiger partial charge in [0.05, 0.1) is 5.54 Å². The summed E-state index contributed by atoms with van der Waals surface area (Å²) in [5, 5.41) is 2.66. The summed E-state index contributed by atoms with van der Waals surface area (Å²) in [6.45, 7) is 7.78. The molecular weight excluding hydrogens is 248 g/mol. The van der Waals surface area contributed by atoms with Crippen molar-refractivity contribution < 1.29 is 19.1 Å². The lowest BCUT2D eigenvalue weighted by Crippen LogP contribution is -2.71. The van der Waals surface area contributed by atoms with E-state index in [0.29, 0.717) is 25.9 Å². The summed E-state index contributed by atoms with van der Waals surface area (Å²) in [7, 11) is 0. The number of hydrogen-bond donors (Lipinski definition) is 1. The molecule has 0 unspecified atom stereocenters. The Balaban J connectivity index is 2.57. The monoisotopic (exact) mass is 270 g/mol. The van der Waals surface area contributed by atoms with Crippen molar-refractivity contribution in [1.29, 1.82) is 0 Å². The summed E-state index contributed by atoms with van der Waals surface area (Å²) in [6.07, 6.45) is 0.839. The zero-order valence-corrected chi connectivity index (χ0v) is 12.0. The van der Waals surface area contributed by atoms with Crippen LogP contribution in [-0.2, 0) is 14.3 Å². The average Bonchev–Trinajstić information content (AvgIpc) is 2.22. The first-order valence-corrected chi connectivity index (χ1v) is 6.42. The summed E-state index contributed by atoms with van der Waals surface area (Å²) < 4.78 is 5.23. The number of carbonyl (C=O) groups excluding carboxylic acids is 3. The molecule has 1 fully saturated rings. The van der Waals surface area contributed by atoms with Crippen LogP contribution in [0.25, 0.3) is 0 Å². The van der Waals surface area contributed by atoms with Gasteiger partial charge in [-0.25, -0.2) is 4.79 Å². The summed E-state index contributed by atoms with van der Waals surface area (Å²) in [5.74, 6) is 0.0678. The van der Waals surface area contributed by atoms with Crippen molar-refractivity contribution in [2.75, 3.05) is 13.1 Å². The van der Waals surface area contributed by atoms with Crippen LogP contribution in [-0.4, -0.2) is 47.4 Å². The number of Topliss-reactive ketones (excluding diaryl/α,β-unsaturated/α-hetero) is 1. The Morgan fingerprint density at radius 2 is 1.95 bits per heavy atom. The van der Waals surface area contributed by atoms with Gasteiger partial charge in [0.1, 0.15) is 11.4 Å². The third-order valence-corrected chi connectivity index (χ3v) is 2.93. The average molecular weight is 270 g/mol. The third kappa shape index (κ3) is 4.22. The molecular formula is C13H22N2O4. The first-order valence-electron chi connectivity index (χ1n) is 6.42. The number of nitrogens with zero attached hydrogens (tertiary/aromatic N) is 1. The molecule has 1 heterocycles. The molecule has 0 atom stereocenters. The predicted octanol–water partition coefficient (Wildman–Crippen LogP) is 1.09. The molecule has 108 valence electrons. The van der Waals surface area contributed by atoms with Gasteiger partial charge in [-0.05, 0) is 20.8 Å². The highest BCUT2D eigenvalue weighted by atomic mass is 16.6. The second-order valence-electron chi connectivity index (χ2n) is 5.95. The fourth-order valence-electron chi connectivity index (χ4n) is 2.02. The molecule has 1 rings (SSSR count). The van der Waals surface area contributed by atoms with E-state index in [1.807, 2.05) is 0 Å². The number of ketones is 1. The van der Waals surface area contributed by atoms with Gasteiger partial charge in [-0.3, -0.25) is 9.59 Å². The number of carbonyl (C=O) groups is 3. The van der Waals surface area contributed by atoms with Gasteiger partial charge in [-0.15, -0.1) is 0 Å². The highest BCUT2D eigenvalue weighted by Crippen LogP contribution is 2.27. The molecule has 0 aromatic heterocycles. The maximum atomic E-state index is 11.8. The van der Waals surface area contributed by atoms with Crippen molar-refractivity contribution in [3.8, 4) is 0 Å². The van der Waals surface area contributed by atoms with Crippen LogP contribution in [0.3, 0.4) is 0 Å². The quantitative estimate of drug-likeness (QED) is 0.759. The Morgan fingerprint density at radius 3 is 2.37 bits per heavy atom. The maximum absolute atomic E-state index is 11.8. The van der Waals surface area contributed by atoms with Crippen LogP contribution in [0.1, 0.15) is 40.5 Å². The lowest BCUT2D eigenvalue weighted by atomic mass is 9.84. The Hall–Kier alpha value is -1.59. The number of hydrogen-bond acceptors (Lipinski definition) is 4. The van der Waals surface area contributed by atoms with E-state index in [2.05, 4.69) is 5.32 Å². The molecule has 0 aromatic carbocycles. The van der Waals surface area contributed by atoms with E-state index in [1.54, 1.807) is 27.7 Å². The van der Waals surface area contributed by atoms with E-state index < -0.39 is 17.2 Å². The molecule has 0 aliphatic carbocycles. The van der Waals surface area contributed by atoms with Gasteiger partial charge in [-0.1, -0.05) is 6.92 Å². The van der Waals surface area contributed by atoms with Gasteiger partial charge in [-0.2, -0.15) is 0 Å². The minimum atomic E-state index is -0.619. The minimum absolute atomic E-state index is 0.0678. The lowest BCUT2D eigenvalue weighted by Gasteiger charge is -2.49. The fraction of sp³-hybridized carbons (Fsp3) is 0.769. The first-order chi connectivity index (χ1) is 8.71. The lowest BCUT2D eigenvalue weighted by molar-refractivity contribution is -0.124. The molecule has 2 amide bonds. The molecule has 0 spiro atoms. The molecule has 0 bridgehead atoms. The van der Waals surface area contributed by atoms with Crippen molar-refractivity contribution in [3.63, 3.8) is 0 Å². The zero-order chi connectivity index (χ0) is 14.7. The van der Waals surface area contributed by atoms with Crippen molar-refractivity contribution in [1.82, 2.24) is 10.2 Å². The van der Waals surface area contributed by atoms with Crippen molar-refractivity contribution in [3.05, 3.63) is 0 Å². The van der Waals surface area contributed by atoms with Gasteiger partial charge >= 0.3 is 6.09 Å². The van der Waals surface area contributed by atoms with Crippen LogP contribution in [0.4, 0.5) is 4.79 Å². The molecule has 6 heteroatoms. The van der Waals surface area contributed by atoms with Gasteiger partial charge in [0.15, 0.2) is 0 Å². The molecule has 1 aliphatic heterocycles. The summed E-state index contributed by atoms with van der Waals surface area (Å²) in [5.41, 5.74) is -1.17. The topological polar surface area (TPSA) is 75.7 Å². The molecule has 0 aromatic rings. The molecule has 1 saturated heterocycles. The standard InChI is InChI=1S/C13H22N2O4/c1-5-10(17)6-13(14-9-16)7-15(8-13)11(18)19-12(2,3)4/h9H,5-8H2,1-4H3,(H,14,16). The SMILES string of the molecule is CCC(=O)CC1(NC=O)CN(C(=O)OC(C)(C)C)C1. The Labute approximate surface area is 113 Å². The van der Waals surface area contributed by atoms with Crippen LogP contribution < -0.4 is 5.32 Å². The molecule has 19 heavy (non-hydrogen) atoms. The molecule has 6 nitrogen and oxygen atoms in total. The minimum Gasteiger partial charge on any atom is -0.444 e. The number of likely N-dealkylation sites (tertiary alicyclic amines) is 1. The molecule has 0 saturated carbocycles. The smallest absolute Gasteiger partial charge is 0.410 e. The highest BCUT2D eigenvalue weighted by molar-refractivity contribution is 5.81. The van der Waals surface area contributed by atoms with Gasteiger partial charge in [0.25, 0.3) is 0 Å². The third-order valence-electron chi connectivity index (χ3n) is 2.93. The van der Waals surface area contributed by atoms with Gasteiger partial charge < -0.3 is 15.0 Å². The molecule has 1 aliphatic rings. The van der Waals surface area contributed by atoms with E-state index in [-0.39, 0.29) is 12.2 Å². The zero-order valence-electron chi connectivity index (χ0n) is 12.0. The number of rotatable bonds is 5. The van der Waals surface area contributed by atoms with Crippen molar-refractivity contribution in [2.45, 2.75) is 51.7 Å². The van der Waals surface area contributed by atoms with Crippen LogP contribution in [0.5, 0.6) is 0 Å². The Bertz CT molecular complexity index is 367. The number of nitrogens with one attached hydrogen (secondary N) is 1. The largest absolute Gasteiger partial charge is 0.444 e. The van der Waals surface area contributed by atoms with Crippen LogP contribution in [0.15, 0.2) is 0 Å². The summed E-state index contributed by atoms with van der Waals surface area (Å²) in [6, 6.07) is 0. The van der Waals surface area contributed by atoms with Crippen molar-refractivity contribution in [2.24, 2.45) is 0 Å². The second kappa shape index (κ2) is 5.59. The van der Waals surface area contributed by atoms with Gasteiger partial charge in [0, 0.05) is 25.9 Å². The summed E-state index contributed by atoms with van der Waals surface area (Å²) >= 11 is 0. The van der Waals surface area contributed by atoms with E-state index in [0.717, 1.165) is 0 Å². The van der Waals surface area contributed by atoms with E-state index in [1.165, 1.54) is 4.90 Å². The maximum Gasteiger partial charge on any atom is 0.410 e. The first kappa shape index (κ1) is 15.5. The van der Waals surface area contributed by atoms with Crippen LogP contribution in [0.2, 0.25) is 0 Å². The fourth-order valence-corrected chi connectivity index (χ4v) is 2.02. The van der Waals surface area contributed by atoms with E-state index in [4.69, 9.17) is 4.74 Å².